The molecule has 0 amide bonds. The van der Waals surface area contributed by atoms with Crippen LogP contribution in [0.1, 0.15) is 24.6 Å². The van der Waals surface area contributed by atoms with Crippen molar-refractivity contribution >= 4 is 11.6 Å². The van der Waals surface area contributed by atoms with Gasteiger partial charge in [0.25, 0.3) is 0 Å². The molecule has 1 heterocycles. The second-order valence-corrected chi connectivity index (χ2v) is 4.40. The quantitative estimate of drug-likeness (QED) is 0.615. The van der Waals surface area contributed by atoms with Crippen molar-refractivity contribution in [1.29, 1.82) is 0 Å². The lowest BCUT2D eigenvalue weighted by molar-refractivity contribution is -0.148. The zero-order valence-corrected chi connectivity index (χ0v) is 9.80. The molecule has 1 aromatic rings. The molecule has 0 unspecified atom stereocenters. The molecule has 0 spiro atoms. The fourth-order valence-electron chi connectivity index (χ4n) is 1.24. The van der Waals surface area contributed by atoms with E-state index in [4.69, 9.17) is 11.6 Å². The maximum Gasteiger partial charge on any atom is 0.340 e. The van der Waals surface area contributed by atoms with Gasteiger partial charge < -0.3 is 4.74 Å². The Labute approximate surface area is 105 Å². The van der Waals surface area contributed by atoms with Crippen molar-refractivity contribution < 1.29 is 22.3 Å². The Hall–Kier alpha value is -1.11. The lowest BCUT2D eigenvalue weighted by atomic mass is 10.4. The van der Waals surface area contributed by atoms with Crippen molar-refractivity contribution in [3.8, 4) is 5.88 Å². The average molecular weight is 285 g/mol. The third kappa shape index (κ3) is 3.22. The molecule has 1 aromatic heterocycles. The summed E-state index contributed by atoms with van der Waals surface area (Å²) in [7, 11) is 0. The van der Waals surface area contributed by atoms with Gasteiger partial charge in [-0.2, -0.15) is 13.8 Å². The number of hydrogen-bond donors (Lipinski definition) is 0. The van der Waals surface area contributed by atoms with Crippen molar-refractivity contribution in [2.45, 2.75) is 31.1 Å². The second-order valence-electron chi connectivity index (χ2n) is 4.01. The summed E-state index contributed by atoms with van der Waals surface area (Å²) in [4.78, 5) is 7.78. The molecule has 0 aliphatic heterocycles. The number of aromatic nitrogens is 2. The van der Waals surface area contributed by atoms with E-state index in [1.54, 1.807) is 0 Å². The Balaban J connectivity index is 2.05. The van der Waals surface area contributed by atoms with E-state index in [0.29, 0.717) is 5.82 Å². The Kier molecular flexibility index (Phi) is 3.61. The van der Waals surface area contributed by atoms with Crippen LogP contribution in [0.5, 0.6) is 5.88 Å². The van der Waals surface area contributed by atoms with Gasteiger partial charge in [0.1, 0.15) is 11.0 Å². The SMILES string of the molecule is FC(F)C(F)(F)COc1cc(Cl)nc(C2CC2)n1. The number of alkyl halides is 4. The zero-order chi connectivity index (χ0) is 13.3. The van der Waals surface area contributed by atoms with Crippen LogP contribution in [0.3, 0.4) is 0 Å². The molecule has 0 atom stereocenters. The Morgan fingerprint density at radius 3 is 2.61 bits per heavy atom. The first-order valence-corrected chi connectivity index (χ1v) is 5.59. The summed E-state index contributed by atoms with van der Waals surface area (Å²) in [6.07, 6.45) is -1.99. The van der Waals surface area contributed by atoms with Crippen LogP contribution >= 0.6 is 11.6 Å². The van der Waals surface area contributed by atoms with Crippen LogP contribution in [0.15, 0.2) is 6.07 Å². The number of hydrogen-bond acceptors (Lipinski definition) is 3. The van der Waals surface area contributed by atoms with E-state index in [9.17, 15) is 17.6 Å². The highest BCUT2D eigenvalue weighted by Gasteiger charge is 2.42. The summed E-state index contributed by atoms with van der Waals surface area (Å²) >= 11 is 5.67. The normalized spacial score (nSPS) is 16.1. The molecule has 100 valence electrons. The van der Waals surface area contributed by atoms with Crippen molar-refractivity contribution in [1.82, 2.24) is 9.97 Å². The first-order valence-electron chi connectivity index (χ1n) is 5.22. The Morgan fingerprint density at radius 2 is 2.06 bits per heavy atom. The van der Waals surface area contributed by atoms with E-state index in [0.717, 1.165) is 18.9 Å². The summed E-state index contributed by atoms with van der Waals surface area (Å²) < 4.78 is 53.7. The summed E-state index contributed by atoms with van der Waals surface area (Å²) in [5, 5.41) is 0.0438. The van der Waals surface area contributed by atoms with Crippen molar-refractivity contribution in [2.24, 2.45) is 0 Å². The lowest BCUT2D eigenvalue weighted by Gasteiger charge is -2.15. The van der Waals surface area contributed by atoms with E-state index >= 15 is 0 Å². The van der Waals surface area contributed by atoms with Gasteiger partial charge in [-0.25, -0.2) is 13.8 Å². The molecular formula is C10H9ClF4N2O. The van der Waals surface area contributed by atoms with Crippen LogP contribution in [0, 0.1) is 0 Å². The number of nitrogens with zero attached hydrogens (tertiary/aromatic N) is 2. The second kappa shape index (κ2) is 4.87. The predicted molar refractivity (Wildman–Crippen MR) is 55.5 cm³/mol. The minimum absolute atomic E-state index is 0.0438. The number of rotatable bonds is 5. The molecule has 1 aliphatic carbocycles. The van der Waals surface area contributed by atoms with Gasteiger partial charge in [0.2, 0.25) is 5.88 Å². The van der Waals surface area contributed by atoms with Crippen LogP contribution < -0.4 is 4.74 Å². The first kappa shape index (κ1) is 13.3. The topological polar surface area (TPSA) is 35.0 Å². The maximum atomic E-state index is 12.7. The zero-order valence-electron chi connectivity index (χ0n) is 9.05. The molecule has 0 N–H and O–H groups in total. The molecule has 0 radical (unpaired) electrons. The van der Waals surface area contributed by atoms with Gasteiger partial charge in [0.15, 0.2) is 6.61 Å². The molecular weight excluding hydrogens is 276 g/mol. The largest absolute Gasteiger partial charge is 0.471 e. The highest BCUT2D eigenvalue weighted by Crippen LogP contribution is 2.39. The molecule has 0 saturated heterocycles. The molecule has 1 aliphatic rings. The molecule has 8 heteroatoms. The Bertz CT molecular complexity index is 440. The molecule has 18 heavy (non-hydrogen) atoms. The molecule has 1 saturated carbocycles. The van der Waals surface area contributed by atoms with Gasteiger partial charge in [-0.05, 0) is 12.8 Å². The van der Waals surface area contributed by atoms with Gasteiger partial charge in [0.05, 0.1) is 0 Å². The minimum Gasteiger partial charge on any atom is -0.471 e. The van der Waals surface area contributed by atoms with Crippen molar-refractivity contribution in [3.05, 3.63) is 17.0 Å². The Morgan fingerprint density at radius 1 is 1.39 bits per heavy atom. The summed E-state index contributed by atoms with van der Waals surface area (Å²) in [6, 6.07) is 1.12. The van der Waals surface area contributed by atoms with E-state index in [1.807, 2.05) is 0 Å². The van der Waals surface area contributed by atoms with Crippen molar-refractivity contribution in [2.75, 3.05) is 6.61 Å². The highest BCUT2D eigenvalue weighted by molar-refractivity contribution is 6.29. The van der Waals surface area contributed by atoms with Gasteiger partial charge in [-0.15, -0.1) is 0 Å². The van der Waals surface area contributed by atoms with Crippen molar-refractivity contribution in [3.63, 3.8) is 0 Å². The fourth-order valence-corrected chi connectivity index (χ4v) is 1.42. The number of ether oxygens (including phenoxy) is 1. The summed E-state index contributed by atoms with van der Waals surface area (Å²) in [6.45, 7) is -1.44. The van der Waals surface area contributed by atoms with E-state index in [1.165, 1.54) is 0 Å². The molecule has 0 bridgehead atoms. The fraction of sp³-hybridized carbons (Fsp3) is 0.600. The van der Waals surface area contributed by atoms with Crippen LogP contribution in [0.2, 0.25) is 5.15 Å². The van der Waals surface area contributed by atoms with Crippen LogP contribution in [-0.2, 0) is 0 Å². The molecule has 2 rings (SSSR count). The van der Waals surface area contributed by atoms with E-state index in [-0.39, 0.29) is 17.0 Å². The van der Waals surface area contributed by atoms with Crippen LogP contribution in [0.25, 0.3) is 0 Å². The number of halogens is 5. The smallest absolute Gasteiger partial charge is 0.340 e. The van der Waals surface area contributed by atoms with E-state index < -0.39 is 19.0 Å². The summed E-state index contributed by atoms with van der Waals surface area (Å²) in [5.74, 6) is -3.87. The first-order chi connectivity index (χ1) is 8.38. The van der Waals surface area contributed by atoms with Gasteiger partial charge in [-0.1, -0.05) is 11.6 Å². The standard InChI is InChI=1S/C10H9ClF4N2O/c11-6-3-7(17-8(16-6)5-1-2-5)18-4-10(14,15)9(12)13/h3,5,9H,1-2,4H2. The monoisotopic (exact) mass is 284 g/mol. The lowest BCUT2D eigenvalue weighted by Crippen LogP contribution is -2.34. The predicted octanol–water partition coefficient (Wildman–Crippen LogP) is 3.29. The third-order valence-corrected chi connectivity index (χ3v) is 2.56. The molecule has 1 fully saturated rings. The van der Waals surface area contributed by atoms with Crippen LogP contribution in [-0.4, -0.2) is 28.9 Å². The molecule has 3 nitrogen and oxygen atoms in total. The third-order valence-electron chi connectivity index (χ3n) is 2.36. The average Bonchev–Trinajstić information content (AvgIpc) is 3.09. The van der Waals surface area contributed by atoms with Crippen LogP contribution in [0.4, 0.5) is 17.6 Å². The van der Waals surface area contributed by atoms with Gasteiger partial charge >= 0.3 is 12.3 Å². The van der Waals surface area contributed by atoms with E-state index in [2.05, 4.69) is 14.7 Å². The summed E-state index contributed by atoms with van der Waals surface area (Å²) in [5.41, 5.74) is 0. The van der Waals surface area contributed by atoms with Gasteiger partial charge in [0, 0.05) is 12.0 Å². The maximum absolute atomic E-state index is 12.7. The highest BCUT2D eigenvalue weighted by atomic mass is 35.5. The molecule has 0 aromatic carbocycles. The van der Waals surface area contributed by atoms with Gasteiger partial charge in [-0.3, -0.25) is 0 Å². The minimum atomic E-state index is -4.21.